The van der Waals surface area contributed by atoms with E-state index in [-0.39, 0.29) is 0 Å². The van der Waals surface area contributed by atoms with Gasteiger partial charge >= 0.3 is 0 Å². The molecule has 0 saturated heterocycles. The monoisotopic (exact) mass is 408 g/mol. The van der Waals surface area contributed by atoms with Crippen LogP contribution in [0.5, 0.6) is 0 Å². The highest BCUT2D eigenvalue weighted by molar-refractivity contribution is 6.30. The summed E-state index contributed by atoms with van der Waals surface area (Å²) in [6, 6.07) is 8.12. The summed E-state index contributed by atoms with van der Waals surface area (Å²) in [5.74, 6) is 3.89. The summed E-state index contributed by atoms with van der Waals surface area (Å²) < 4.78 is 2.25. The van der Waals surface area contributed by atoms with E-state index in [1.54, 1.807) is 0 Å². The summed E-state index contributed by atoms with van der Waals surface area (Å²) in [6.07, 6.45) is 4.33. The lowest BCUT2D eigenvalue weighted by Crippen LogP contribution is -2.18. The second-order valence-electron chi connectivity index (χ2n) is 8.24. The maximum absolute atomic E-state index is 6.24. The Morgan fingerprint density at radius 2 is 1.66 bits per heavy atom. The molecule has 7 heteroatoms. The van der Waals surface area contributed by atoms with Crippen LogP contribution < -0.4 is 5.32 Å². The Balaban J connectivity index is 1.42. The van der Waals surface area contributed by atoms with Gasteiger partial charge in [-0.1, -0.05) is 11.6 Å². The molecule has 1 N–H and O–H groups in total. The van der Waals surface area contributed by atoms with E-state index in [9.17, 15) is 0 Å². The molecule has 0 radical (unpaired) electrons. The van der Waals surface area contributed by atoms with E-state index in [0.717, 1.165) is 71.8 Å². The van der Waals surface area contributed by atoms with Gasteiger partial charge in [-0.3, -0.25) is 4.57 Å². The second kappa shape index (κ2) is 7.50. The number of benzene rings is 1. The lowest BCUT2D eigenvalue weighted by molar-refractivity contribution is 0.371. The van der Waals surface area contributed by atoms with Gasteiger partial charge in [-0.15, -0.1) is 10.2 Å². The summed E-state index contributed by atoms with van der Waals surface area (Å²) in [4.78, 5) is 9.40. The standard InChI is InChI=1S/C22H25ClN6/c1-13-9-14(2)26-21(25-13)15-3-5-16(6-4-15)22-28-27-20-12-24-11-17-10-18(23)7-8-19(17)29(20)22/h7-10,15-16,24H,3-6,11-12H2,1-2H3/t15-,16-. The molecule has 0 unspecified atom stereocenters. The Labute approximate surface area is 175 Å². The van der Waals surface area contributed by atoms with Gasteiger partial charge in [-0.05, 0) is 69.4 Å². The molecule has 2 aliphatic rings. The Bertz CT molecular complexity index is 1030. The third-order valence-electron chi connectivity index (χ3n) is 6.09. The smallest absolute Gasteiger partial charge is 0.151 e. The van der Waals surface area contributed by atoms with E-state index in [0.29, 0.717) is 18.4 Å². The topological polar surface area (TPSA) is 68.5 Å². The number of rotatable bonds is 2. The van der Waals surface area contributed by atoms with Gasteiger partial charge in [-0.25, -0.2) is 9.97 Å². The van der Waals surface area contributed by atoms with Crippen molar-refractivity contribution in [3.63, 3.8) is 0 Å². The molecule has 3 aromatic rings. The molecule has 1 saturated carbocycles. The van der Waals surface area contributed by atoms with Crippen molar-refractivity contribution in [3.8, 4) is 5.69 Å². The molecule has 1 fully saturated rings. The maximum atomic E-state index is 6.24. The summed E-state index contributed by atoms with van der Waals surface area (Å²) in [5.41, 5.74) is 4.45. The van der Waals surface area contributed by atoms with E-state index >= 15 is 0 Å². The zero-order valence-electron chi connectivity index (χ0n) is 16.8. The Hall–Kier alpha value is -2.31. The minimum Gasteiger partial charge on any atom is -0.306 e. The van der Waals surface area contributed by atoms with Crippen LogP contribution in [0.4, 0.5) is 0 Å². The average Bonchev–Trinajstić information content (AvgIpc) is 3.03. The highest BCUT2D eigenvalue weighted by atomic mass is 35.5. The maximum Gasteiger partial charge on any atom is 0.151 e. The number of hydrogen-bond donors (Lipinski definition) is 1. The molecular formula is C22H25ClN6. The van der Waals surface area contributed by atoms with Crippen molar-refractivity contribution < 1.29 is 0 Å². The summed E-state index contributed by atoms with van der Waals surface area (Å²) in [5, 5.41) is 13.3. The molecule has 5 rings (SSSR count). The lowest BCUT2D eigenvalue weighted by atomic mass is 9.81. The normalized spacial score (nSPS) is 21.3. The molecule has 0 bridgehead atoms. The minimum absolute atomic E-state index is 0.403. The number of halogens is 1. The molecule has 1 aliphatic carbocycles. The molecule has 1 aliphatic heterocycles. The van der Waals surface area contributed by atoms with Gasteiger partial charge in [0.05, 0.1) is 12.2 Å². The Kier molecular flexibility index (Phi) is 4.84. The molecular weight excluding hydrogens is 384 g/mol. The molecule has 29 heavy (non-hydrogen) atoms. The summed E-state index contributed by atoms with van der Waals surface area (Å²) >= 11 is 6.24. The van der Waals surface area contributed by atoms with E-state index in [1.807, 2.05) is 32.0 Å². The first-order valence-corrected chi connectivity index (χ1v) is 10.7. The van der Waals surface area contributed by atoms with Crippen molar-refractivity contribution in [2.24, 2.45) is 0 Å². The van der Waals surface area contributed by atoms with Crippen molar-refractivity contribution in [1.29, 1.82) is 0 Å². The van der Waals surface area contributed by atoms with Crippen molar-refractivity contribution >= 4 is 11.6 Å². The van der Waals surface area contributed by atoms with Crippen LogP contribution in [0.15, 0.2) is 24.3 Å². The first-order valence-electron chi connectivity index (χ1n) is 10.3. The molecule has 6 nitrogen and oxygen atoms in total. The van der Waals surface area contributed by atoms with Crippen LogP contribution in [0, 0.1) is 13.8 Å². The van der Waals surface area contributed by atoms with Crippen LogP contribution in [0.25, 0.3) is 5.69 Å². The SMILES string of the molecule is Cc1cc(C)nc([C@H]2CC[C@H](c3nnc4n3-c3ccc(Cl)cc3CNC4)CC2)n1. The second-order valence-corrected chi connectivity index (χ2v) is 8.68. The highest BCUT2D eigenvalue weighted by Crippen LogP contribution is 2.40. The van der Waals surface area contributed by atoms with E-state index in [4.69, 9.17) is 21.6 Å². The van der Waals surface area contributed by atoms with Gasteiger partial charge in [0, 0.05) is 34.8 Å². The number of hydrogen-bond acceptors (Lipinski definition) is 5. The zero-order valence-corrected chi connectivity index (χ0v) is 17.6. The van der Waals surface area contributed by atoms with E-state index < -0.39 is 0 Å². The Morgan fingerprint density at radius 3 is 2.41 bits per heavy atom. The van der Waals surface area contributed by atoms with Crippen molar-refractivity contribution in [2.75, 3.05) is 0 Å². The van der Waals surface area contributed by atoms with Crippen LogP contribution >= 0.6 is 11.6 Å². The predicted octanol–water partition coefficient (Wildman–Crippen LogP) is 4.37. The Morgan fingerprint density at radius 1 is 0.931 bits per heavy atom. The molecule has 0 amide bonds. The van der Waals surface area contributed by atoms with Gasteiger partial charge in [0.25, 0.3) is 0 Å². The van der Waals surface area contributed by atoms with Gasteiger partial charge < -0.3 is 5.32 Å². The molecule has 0 atom stereocenters. The van der Waals surface area contributed by atoms with Gasteiger partial charge in [0.15, 0.2) is 5.82 Å². The molecule has 0 spiro atoms. The van der Waals surface area contributed by atoms with Crippen LogP contribution in [0.2, 0.25) is 5.02 Å². The van der Waals surface area contributed by atoms with E-state index in [1.165, 1.54) is 5.56 Å². The third kappa shape index (κ3) is 3.55. The number of fused-ring (bicyclic) bond motifs is 3. The molecule has 3 heterocycles. The molecule has 150 valence electrons. The fourth-order valence-electron chi connectivity index (χ4n) is 4.74. The first-order chi connectivity index (χ1) is 14.1. The number of aromatic nitrogens is 5. The predicted molar refractivity (Wildman–Crippen MR) is 112 cm³/mol. The zero-order chi connectivity index (χ0) is 20.0. The van der Waals surface area contributed by atoms with Gasteiger partial charge in [-0.2, -0.15) is 0 Å². The van der Waals surface area contributed by atoms with Crippen LogP contribution in [0.3, 0.4) is 0 Å². The number of nitrogens with zero attached hydrogens (tertiary/aromatic N) is 5. The lowest BCUT2D eigenvalue weighted by Gasteiger charge is -2.28. The summed E-state index contributed by atoms with van der Waals surface area (Å²) in [6.45, 7) is 5.60. The fraction of sp³-hybridized carbons (Fsp3) is 0.455. The largest absolute Gasteiger partial charge is 0.306 e. The quantitative estimate of drug-likeness (QED) is 0.681. The molecule has 1 aromatic carbocycles. The van der Waals surface area contributed by atoms with Gasteiger partial charge in [0.1, 0.15) is 11.6 Å². The van der Waals surface area contributed by atoms with Crippen molar-refractivity contribution in [1.82, 2.24) is 30.0 Å². The minimum atomic E-state index is 0.403. The number of nitrogens with one attached hydrogen (secondary N) is 1. The number of aryl methyl sites for hydroxylation is 2. The highest BCUT2D eigenvalue weighted by Gasteiger charge is 2.30. The van der Waals surface area contributed by atoms with Crippen molar-refractivity contribution in [3.05, 3.63) is 63.7 Å². The third-order valence-corrected chi connectivity index (χ3v) is 6.33. The van der Waals surface area contributed by atoms with Crippen LogP contribution in [-0.4, -0.2) is 24.7 Å². The summed E-state index contributed by atoms with van der Waals surface area (Å²) in [7, 11) is 0. The van der Waals surface area contributed by atoms with Crippen LogP contribution in [-0.2, 0) is 13.1 Å². The van der Waals surface area contributed by atoms with Gasteiger partial charge in [0.2, 0.25) is 0 Å². The molecule has 2 aromatic heterocycles. The van der Waals surface area contributed by atoms with Crippen molar-refractivity contribution in [2.45, 2.75) is 64.5 Å². The first kappa shape index (κ1) is 18.7. The van der Waals surface area contributed by atoms with Crippen LogP contribution in [0.1, 0.15) is 71.9 Å². The van der Waals surface area contributed by atoms with E-state index in [2.05, 4.69) is 26.1 Å². The fourth-order valence-corrected chi connectivity index (χ4v) is 4.93. The average molecular weight is 409 g/mol.